The molecule has 0 bridgehead atoms. The highest BCUT2D eigenvalue weighted by atomic mass is 35.5. The van der Waals surface area contributed by atoms with Crippen LogP contribution in [0.1, 0.15) is 43.2 Å². The van der Waals surface area contributed by atoms with Crippen LogP contribution in [-0.2, 0) is 6.42 Å². The van der Waals surface area contributed by atoms with E-state index >= 15 is 0 Å². The Bertz CT molecular complexity index is 365. The normalized spacial score (nSPS) is 14.4. The highest BCUT2D eigenvalue weighted by Crippen LogP contribution is 2.29. The molecular weight excluding hydrogens is 216 g/mol. The minimum atomic E-state index is 0.801. The molecule has 0 aromatic heterocycles. The molecule has 86 valence electrons. The second-order valence-electron chi connectivity index (χ2n) is 4.42. The first-order chi connectivity index (χ1) is 7.92. The van der Waals surface area contributed by atoms with Crippen LogP contribution in [0, 0.1) is 0 Å². The molecule has 1 heteroatoms. The summed E-state index contributed by atoms with van der Waals surface area (Å²) in [5.74, 6) is 0.801. The Morgan fingerprint density at radius 3 is 2.81 bits per heavy atom. The van der Waals surface area contributed by atoms with E-state index in [-0.39, 0.29) is 0 Å². The number of benzene rings is 1. The molecule has 1 aliphatic carbocycles. The molecule has 0 fully saturated rings. The quantitative estimate of drug-likeness (QED) is 0.506. The number of allylic oxidation sites excluding steroid dienone is 2. The van der Waals surface area contributed by atoms with Gasteiger partial charge in [-0.25, -0.2) is 0 Å². The average molecular weight is 235 g/mol. The highest BCUT2D eigenvalue weighted by Gasteiger charge is 2.10. The van der Waals surface area contributed by atoms with Crippen LogP contribution in [0.3, 0.4) is 0 Å². The van der Waals surface area contributed by atoms with Gasteiger partial charge in [-0.05, 0) is 48.8 Å². The summed E-state index contributed by atoms with van der Waals surface area (Å²) in [5.41, 5.74) is 4.56. The van der Waals surface area contributed by atoms with Crippen molar-refractivity contribution in [1.82, 2.24) is 0 Å². The van der Waals surface area contributed by atoms with Gasteiger partial charge in [-0.3, -0.25) is 0 Å². The molecule has 0 saturated carbocycles. The Morgan fingerprint density at radius 2 is 1.94 bits per heavy atom. The third-order valence-corrected chi connectivity index (χ3v) is 3.51. The van der Waals surface area contributed by atoms with Gasteiger partial charge in [-0.1, -0.05) is 36.8 Å². The Hall–Kier alpha value is -0.750. The summed E-state index contributed by atoms with van der Waals surface area (Å²) in [5, 5.41) is 0. The third kappa shape index (κ3) is 2.89. The topological polar surface area (TPSA) is 0 Å². The van der Waals surface area contributed by atoms with Crippen molar-refractivity contribution < 1.29 is 0 Å². The van der Waals surface area contributed by atoms with Crippen LogP contribution in [0.4, 0.5) is 0 Å². The molecule has 0 nitrogen and oxygen atoms in total. The molecule has 0 aliphatic heterocycles. The molecule has 1 aromatic carbocycles. The Morgan fingerprint density at radius 1 is 1.06 bits per heavy atom. The molecule has 0 saturated heterocycles. The number of hydrogen-bond acceptors (Lipinski definition) is 0. The third-order valence-electron chi connectivity index (χ3n) is 3.25. The van der Waals surface area contributed by atoms with E-state index in [1.165, 1.54) is 43.2 Å². The fourth-order valence-corrected chi connectivity index (χ4v) is 2.58. The average Bonchev–Trinajstić information content (AvgIpc) is 2.35. The highest BCUT2D eigenvalue weighted by molar-refractivity contribution is 6.17. The lowest BCUT2D eigenvalue weighted by Crippen LogP contribution is -1.99. The largest absolute Gasteiger partial charge is 0.127 e. The summed E-state index contributed by atoms with van der Waals surface area (Å²) >= 11 is 5.69. The van der Waals surface area contributed by atoms with Crippen molar-refractivity contribution in [3.63, 3.8) is 0 Å². The summed E-state index contributed by atoms with van der Waals surface area (Å²) in [6, 6.07) is 8.83. The molecule has 0 amide bonds. The number of alkyl halides is 1. The number of fused-ring (bicyclic) bond motifs is 1. The van der Waals surface area contributed by atoms with Gasteiger partial charge in [0.1, 0.15) is 0 Å². The Kier molecular flexibility index (Phi) is 4.47. The standard InChI is InChI=1S/C15H19Cl/c16-12-5-1-2-7-13-9-6-10-14-8-3-4-11-15(13)14/h3-4,8-9,11H,1-2,5-7,10,12H2. The Balaban J connectivity index is 1.97. The molecule has 16 heavy (non-hydrogen) atoms. The van der Waals surface area contributed by atoms with E-state index in [4.69, 9.17) is 11.6 Å². The van der Waals surface area contributed by atoms with Gasteiger partial charge in [0.15, 0.2) is 0 Å². The van der Waals surface area contributed by atoms with Crippen molar-refractivity contribution in [2.24, 2.45) is 0 Å². The van der Waals surface area contributed by atoms with Crippen LogP contribution in [0.5, 0.6) is 0 Å². The van der Waals surface area contributed by atoms with Crippen LogP contribution in [-0.4, -0.2) is 5.88 Å². The van der Waals surface area contributed by atoms with E-state index in [9.17, 15) is 0 Å². The van der Waals surface area contributed by atoms with E-state index in [2.05, 4.69) is 30.3 Å². The summed E-state index contributed by atoms with van der Waals surface area (Å²) < 4.78 is 0. The van der Waals surface area contributed by atoms with Gasteiger partial charge in [0.05, 0.1) is 0 Å². The lowest BCUT2D eigenvalue weighted by molar-refractivity contribution is 0.735. The zero-order chi connectivity index (χ0) is 11.2. The summed E-state index contributed by atoms with van der Waals surface area (Å²) in [6.45, 7) is 0. The van der Waals surface area contributed by atoms with E-state index in [1.807, 2.05) is 0 Å². The first-order valence-electron chi connectivity index (χ1n) is 6.25. The first kappa shape index (κ1) is 11.7. The van der Waals surface area contributed by atoms with Gasteiger partial charge < -0.3 is 0 Å². The first-order valence-corrected chi connectivity index (χ1v) is 6.78. The molecule has 0 heterocycles. The number of halogens is 1. The van der Waals surface area contributed by atoms with Crippen molar-refractivity contribution in [3.05, 3.63) is 41.5 Å². The van der Waals surface area contributed by atoms with Crippen LogP contribution in [0.15, 0.2) is 30.3 Å². The maximum Gasteiger partial charge on any atom is 0.0223 e. The SMILES string of the molecule is ClCCCCCC1=CCCc2ccccc21. The van der Waals surface area contributed by atoms with Crippen molar-refractivity contribution in [2.45, 2.75) is 38.5 Å². The molecular formula is C15H19Cl. The maximum absolute atomic E-state index is 5.69. The van der Waals surface area contributed by atoms with E-state index in [0.717, 1.165) is 12.3 Å². The fraction of sp³-hybridized carbons (Fsp3) is 0.467. The lowest BCUT2D eigenvalue weighted by Gasteiger charge is -2.17. The van der Waals surface area contributed by atoms with Gasteiger partial charge in [-0.2, -0.15) is 0 Å². The smallest absolute Gasteiger partial charge is 0.0223 e. The van der Waals surface area contributed by atoms with Crippen LogP contribution < -0.4 is 0 Å². The minimum absolute atomic E-state index is 0.801. The van der Waals surface area contributed by atoms with Crippen LogP contribution >= 0.6 is 11.6 Å². The molecule has 0 radical (unpaired) electrons. The van der Waals surface area contributed by atoms with Crippen LogP contribution in [0.2, 0.25) is 0 Å². The van der Waals surface area contributed by atoms with Gasteiger partial charge in [0, 0.05) is 5.88 Å². The second kappa shape index (κ2) is 6.10. The lowest BCUT2D eigenvalue weighted by atomic mass is 9.88. The van der Waals surface area contributed by atoms with Crippen molar-refractivity contribution in [2.75, 3.05) is 5.88 Å². The summed E-state index contributed by atoms with van der Waals surface area (Å²) in [6.07, 6.45) is 9.73. The molecule has 0 spiro atoms. The molecule has 0 N–H and O–H groups in total. The van der Waals surface area contributed by atoms with E-state index < -0.39 is 0 Å². The van der Waals surface area contributed by atoms with Gasteiger partial charge in [0.25, 0.3) is 0 Å². The summed E-state index contributed by atoms with van der Waals surface area (Å²) in [7, 11) is 0. The Labute approximate surface area is 103 Å². The number of rotatable bonds is 5. The van der Waals surface area contributed by atoms with Crippen molar-refractivity contribution >= 4 is 17.2 Å². The zero-order valence-corrected chi connectivity index (χ0v) is 10.5. The van der Waals surface area contributed by atoms with Crippen LogP contribution in [0.25, 0.3) is 5.57 Å². The minimum Gasteiger partial charge on any atom is -0.127 e. The summed E-state index contributed by atoms with van der Waals surface area (Å²) in [4.78, 5) is 0. The number of hydrogen-bond donors (Lipinski definition) is 0. The van der Waals surface area contributed by atoms with Gasteiger partial charge >= 0.3 is 0 Å². The zero-order valence-electron chi connectivity index (χ0n) is 9.71. The molecule has 1 aliphatic rings. The fourth-order valence-electron chi connectivity index (χ4n) is 2.39. The van der Waals surface area contributed by atoms with Gasteiger partial charge in [-0.15, -0.1) is 11.6 Å². The van der Waals surface area contributed by atoms with Gasteiger partial charge in [0.2, 0.25) is 0 Å². The number of aryl methyl sites for hydroxylation is 1. The predicted molar refractivity (Wildman–Crippen MR) is 71.9 cm³/mol. The number of unbranched alkanes of at least 4 members (excludes halogenated alkanes) is 2. The van der Waals surface area contributed by atoms with E-state index in [1.54, 1.807) is 5.57 Å². The maximum atomic E-state index is 5.69. The molecule has 0 atom stereocenters. The monoisotopic (exact) mass is 234 g/mol. The molecule has 0 unspecified atom stereocenters. The van der Waals surface area contributed by atoms with Crippen molar-refractivity contribution in [3.8, 4) is 0 Å². The second-order valence-corrected chi connectivity index (χ2v) is 4.80. The predicted octanol–water partition coefficient (Wildman–Crippen LogP) is 4.82. The molecule has 1 aromatic rings. The van der Waals surface area contributed by atoms with E-state index in [0.29, 0.717) is 0 Å². The van der Waals surface area contributed by atoms with Crippen molar-refractivity contribution in [1.29, 1.82) is 0 Å². The molecule has 2 rings (SSSR count).